The number of carboxylic acids is 1. The van der Waals surface area contributed by atoms with Gasteiger partial charge in [-0.2, -0.15) is 0 Å². The number of benzene rings is 1. The number of nitrogens with two attached hydrogens (primary N) is 1. The summed E-state index contributed by atoms with van der Waals surface area (Å²) in [6.07, 6.45) is 4.62. The van der Waals surface area contributed by atoms with Crippen molar-refractivity contribution in [2.45, 2.75) is 45.6 Å². The molecule has 0 heterocycles. The fourth-order valence-electron chi connectivity index (χ4n) is 3.27. The first-order valence-corrected chi connectivity index (χ1v) is 7.86. The average Bonchev–Trinajstić information content (AvgIpc) is 2.41. The predicted molar refractivity (Wildman–Crippen MR) is 87.0 cm³/mol. The number of hydrogen-bond donors (Lipinski definition) is 3. The molecule has 1 fully saturated rings. The maximum absolute atomic E-state index is 11.4. The molecule has 2 atom stereocenters. The molecule has 4 nitrogen and oxygen atoms in total. The van der Waals surface area contributed by atoms with Gasteiger partial charge in [-0.25, -0.2) is 4.79 Å². The molecule has 5 heteroatoms. The van der Waals surface area contributed by atoms with Crippen molar-refractivity contribution in [2.75, 3.05) is 11.1 Å². The van der Waals surface area contributed by atoms with Crippen molar-refractivity contribution in [3.8, 4) is 0 Å². The van der Waals surface area contributed by atoms with Crippen molar-refractivity contribution in [2.24, 2.45) is 11.8 Å². The van der Waals surface area contributed by atoms with Crippen LogP contribution in [0.5, 0.6) is 0 Å². The van der Waals surface area contributed by atoms with Crippen LogP contribution in [0, 0.1) is 11.8 Å². The number of nitrogen functional groups attached to an aromatic ring is 1. The minimum absolute atomic E-state index is 0.146. The minimum atomic E-state index is -1.01. The van der Waals surface area contributed by atoms with Gasteiger partial charge in [-0.3, -0.25) is 0 Å². The van der Waals surface area contributed by atoms with E-state index in [2.05, 4.69) is 19.2 Å². The van der Waals surface area contributed by atoms with E-state index in [0.29, 0.717) is 28.2 Å². The second-order valence-corrected chi connectivity index (χ2v) is 6.58. The molecule has 0 aromatic heterocycles. The van der Waals surface area contributed by atoms with Crippen LogP contribution in [0.4, 0.5) is 11.4 Å². The van der Waals surface area contributed by atoms with Crippen molar-refractivity contribution >= 4 is 28.9 Å². The number of anilines is 2. The lowest BCUT2D eigenvalue weighted by Gasteiger charge is -2.36. The van der Waals surface area contributed by atoms with Crippen LogP contribution in [0.3, 0.4) is 0 Å². The molecule has 0 amide bonds. The van der Waals surface area contributed by atoms with E-state index in [0.717, 1.165) is 12.8 Å². The van der Waals surface area contributed by atoms with Gasteiger partial charge in [0.25, 0.3) is 0 Å². The zero-order chi connectivity index (χ0) is 15.6. The minimum Gasteiger partial charge on any atom is -0.478 e. The number of nitrogens with one attached hydrogen (secondary N) is 1. The van der Waals surface area contributed by atoms with E-state index in [4.69, 9.17) is 17.3 Å². The van der Waals surface area contributed by atoms with E-state index >= 15 is 0 Å². The third-order valence-electron chi connectivity index (χ3n) is 4.35. The Hall–Kier alpha value is -1.42. The smallest absolute Gasteiger partial charge is 0.337 e. The number of rotatable bonds is 4. The third-order valence-corrected chi connectivity index (χ3v) is 4.65. The summed E-state index contributed by atoms with van der Waals surface area (Å²) in [5.74, 6) is 0.0845. The fourth-order valence-corrected chi connectivity index (χ4v) is 3.55. The summed E-state index contributed by atoms with van der Waals surface area (Å²) in [6.45, 7) is 4.43. The summed E-state index contributed by atoms with van der Waals surface area (Å²) < 4.78 is 0. The SMILES string of the molecule is CC(C)C1CCCCC1Nc1c(Cl)cc(N)cc1C(=O)O. The average molecular weight is 311 g/mol. The first kappa shape index (κ1) is 16.0. The summed E-state index contributed by atoms with van der Waals surface area (Å²) in [6, 6.07) is 3.32. The Morgan fingerprint density at radius 3 is 2.67 bits per heavy atom. The summed E-state index contributed by atoms with van der Waals surface area (Å²) in [4.78, 5) is 11.4. The summed E-state index contributed by atoms with van der Waals surface area (Å²) in [7, 11) is 0. The molecular formula is C16H23ClN2O2. The van der Waals surface area contributed by atoms with Gasteiger partial charge in [-0.1, -0.05) is 38.3 Å². The highest BCUT2D eigenvalue weighted by molar-refractivity contribution is 6.34. The molecule has 0 bridgehead atoms. The number of carboxylic acid groups (broad SMARTS) is 1. The van der Waals surface area contributed by atoms with Gasteiger partial charge in [-0.05, 0) is 36.8 Å². The van der Waals surface area contributed by atoms with Crippen LogP contribution >= 0.6 is 11.6 Å². The molecule has 1 aromatic rings. The molecule has 21 heavy (non-hydrogen) atoms. The van der Waals surface area contributed by atoms with Crippen LogP contribution in [0.1, 0.15) is 49.9 Å². The van der Waals surface area contributed by atoms with Gasteiger partial charge < -0.3 is 16.2 Å². The zero-order valence-electron chi connectivity index (χ0n) is 12.5. The van der Waals surface area contributed by atoms with E-state index in [1.807, 2.05) is 0 Å². The van der Waals surface area contributed by atoms with Crippen molar-refractivity contribution in [1.29, 1.82) is 0 Å². The quantitative estimate of drug-likeness (QED) is 0.727. The molecule has 1 saturated carbocycles. The molecule has 1 aliphatic carbocycles. The maximum atomic E-state index is 11.4. The molecule has 1 aromatic carbocycles. The largest absolute Gasteiger partial charge is 0.478 e. The van der Waals surface area contributed by atoms with Crippen molar-refractivity contribution < 1.29 is 9.90 Å². The fraction of sp³-hybridized carbons (Fsp3) is 0.562. The Morgan fingerprint density at radius 2 is 2.05 bits per heavy atom. The number of carbonyl (C=O) groups is 1. The highest BCUT2D eigenvalue weighted by atomic mass is 35.5. The number of halogens is 1. The first-order valence-electron chi connectivity index (χ1n) is 7.49. The Kier molecular flexibility index (Phi) is 4.99. The van der Waals surface area contributed by atoms with E-state index < -0.39 is 5.97 Å². The normalized spacial score (nSPS) is 22.3. The van der Waals surface area contributed by atoms with Crippen molar-refractivity contribution in [3.05, 3.63) is 22.7 Å². The van der Waals surface area contributed by atoms with Gasteiger partial charge in [-0.15, -0.1) is 0 Å². The first-order chi connectivity index (χ1) is 9.90. The second-order valence-electron chi connectivity index (χ2n) is 6.17. The van der Waals surface area contributed by atoms with E-state index in [1.54, 1.807) is 6.07 Å². The lowest BCUT2D eigenvalue weighted by molar-refractivity contribution is 0.0698. The Bertz CT molecular complexity index is 531. The van der Waals surface area contributed by atoms with Crippen LogP contribution in [0.2, 0.25) is 5.02 Å². The molecule has 0 aliphatic heterocycles. The lowest BCUT2D eigenvalue weighted by atomic mass is 9.77. The Balaban J connectivity index is 2.31. The standard InChI is InChI=1S/C16H23ClN2O2/c1-9(2)11-5-3-4-6-14(11)19-15-12(16(20)21)7-10(18)8-13(15)17/h7-9,11,14,19H,3-6,18H2,1-2H3,(H,20,21). The molecule has 0 saturated heterocycles. The molecule has 116 valence electrons. The van der Waals surface area contributed by atoms with Crippen molar-refractivity contribution in [1.82, 2.24) is 0 Å². The Morgan fingerprint density at radius 1 is 1.38 bits per heavy atom. The van der Waals surface area contributed by atoms with Gasteiger partial charge in [0.05, 0.1) is 16.3 Å². The van der Waals surface area contributed by atoms with Crippen LogP contribution in [-0.4, -0.2) is 17.1 Å². The Labute approximate surface area is 130 Å². The van der Waals surface area contributed by atoms with Gasteiger partial charge in [0, 0.05) is 11.7 Å². The molecular weight excluding hydrogens is 288 g/mol. The molecule has 2 rings (SSSR count). The molecule has 4 N–H and O–H groups in total. The van der Waals surface area contributed by atoms with Crippen LogP contribution in [0.15, 0.2) is 12.1 Å². The molecule has 1 aliphatic rings. The van der Waals surface area contributed by atoms with Gasteiger partial charge >= 0.3 is 5.97 Å². The lowest BCUT2D eigenvalue weighted by Crippen LogP contribution is -2.35. The third kappa shape index (κ3) is 3.62. The molecule has 0 spiro atoms. The van der Waals surface area contributed by atoms with Gasteiger partial charge in [0.1, 0.15) is 0 Å². The monoisotopic (exact) mass is 310 g/mol. The topological polar surface area (TPSA) is 75.3 Å². The molecule has 2 unspecified atom stereocenters. The summed E-state index contributed by atoms with van der Waals surface area (Å²) in [5.41, 5.74) is 6.71. The highest BCUT2D eigenvalue weighted by Gasteiger charge is 2.29. The maximum Gasteiger partial charge on any atom is 0.337 e. The van der Waals surface area contributed by atoms with Crippen molar-refractivity contribution in [3.63, 3.8) is 0 Å². The van der Waals surface area contributed by atoms with E-state index in [1.165, 1.54) is 18.9 Å². The van der Waals surface area contributed by atoms with E-state index in [9.17, 15) is 9.90 Å². The highest BCUT2D eigenvalue weighted by Crippen LogP contribution is 2.36. The van der Waals surface area contributed by atoms with Crippen LogP contribution in [-0.2, 0) is 0 Å². The summed E-state index contributed by atoms with van der Waals surface area (Å²) >= 11 is 6.22. The van der Waals surface area contributed by atoms with Crippen LogP contribution < -0.4 is 11.1 Å². The predicted octanol–water partition coefficient (Wildman–Crippen LogP) is 4.25. The van der Waals surface area contributed by atoms with Gasteiger partial charge in [0.15, 0.2) is 0 Å². The zero-order valence-corrected chi connectivity index (χ0v) is 13.3. The van der Waals surface area contributed by atoms with Crippen LogP contribution in [0.25, 0.3) is 0 Å². The number of hydrogen-bond acceptors (Lipinski definition) is 3. The summed E-state index contributed by atoms with van der Waals surface area (Å²) in [5, 5.41) is 13.1. The second kappa shape index (κ2) is 6.56. The molecule has 0 radical (unpaired) electrons. The van der Waals surface area contributed by atoms with E-state index in [-0.39, 0.29) is 11.6 Å². The van der Waals surface area contributed by atoms with Gasteiger partial charge in [0.2, 0.25) is 0 Å². The number of aromatic carboxylic acids is 1.